The van der Waals surface area contributed by atoms with E-state index in [1.54, 1.807) is 18.2 Å². The van der Waals surface area contributed by atoms with E-state index in [-0.39, 0.29) is 11.6 Å². The summed E-state index contributed by atoms with van der Waals surface area (Å²) < 4.78 is 0. The first kappa shape index (κ1) is 16.5. The molecule has 1 aromatic carbocycles. The van der Waals surface area contributed by atoms with Gasteiger partial charge in [-0.3, -0.25) is 4.79 Å². The average Bonchev–Trinajstić information content (AvgIpc) is 2.49. The Hall–Kier alpha value is -1.85. The van der Waals surface area contributed by atoms with Gasteiger partial charge in [0.1, 0.15) is 11.5 Å². The number of nitrogens with zero attached hydrogens (tertiary/aromatic N) is 2. The standard InChI is InChI=1S/C15H16Cl2N4O/c1-9(2)6-20-15(22)12-7-19-13(8-18-12)21-14-10(16)4-3-5-11(14)17/h3-5,7-9H,6H2,1-2H3,(H,19,21)(H,20,22). The zero-order valence-corrected chi connectivity index (χ0v) is 13.7. The second-order valence-electron chi connectivity index (χ2n) is 5.11. The van der Waals surface area contributed by atoms with E-state index in [1.165, 1.54) is 12.4 Å². The van der Waals surface area contributed by atoms with Crippen molar-refractivity contribution in [2.45, 2.75) is 13.8 Å². The highest BCUT2D eigenvalue weighted by atomic mass is 35.5. The Bertz CT molecular complexity index is 639. The predicted molar refractivity (Wildman–Crippen MR) is 88.9 cm³/mol. The fourth-order valence-corrected chi connectivity index (χ4v) is 2.13. The summed E-state index contributed by atoms with van der Waals surface area (Å²) in [5.74, 6) is 0.583. The number of carbonyl (C=O) groups excluding carboxylic acids is 1. The third kappa shape index (κ3) is 4.32. The number of nitrogens with one attached hydrogen (secondary N) is 2. The Labute approximate surface area is 139 Å². The number of para-hydroxylation sites is 1. The summed E-state index contributed by atoms with van der Waals surface area (Å²) in [5, 5.41) is 6.73. The SMILES string of the molecule is CC(C)CNC(=O)c1cnc(Nc2c(Cl)cccc2Cl)cn1. The summed E-state index contributed by atoms with van der Waals surface area (Å²) in [5.41, 5.74) is 0.814. The number of anilines is 2. The highest BCUT2D eigenvalue weighted by Gasteiger charge is 2.10. The van der Waals surface area contributed by atoms with Gasteiger partial charge < -0.3 is 10.6 Å². The van der Waals surface area contributed by atoms with E-state index < -0.39 is 0 Å². The fraction of sp³-hybridized carbons (Fsp3) is 0.267. The third-order valence-corrected chi connectivity index (χ3v) is 3.40. The summed E-state index contributed by atoms with van der Waals surface area (Å²) in [7, 11) is 0. The molecule has 0 saturated carbocycles. The van der Waals surface area contributed by atoms with Crippen molar-refractivity contribution in [3.63, 3.8) is 0 Å². The van der Waals surface area contributed by atoms with Crippen molar-refractivity contribution in [3.05, 3.63) is 46.3 Å². The lowest BCUT2D eigenvalue weighted by Crippen LogP contribution is -2.28. The molecule has 0 saturated heterocycles. The first-order valence-electron chi connectivity index (χ1n) is 6.78. The zero-order valence-electron chi connectivity index (χ0n) is 12.2. The van der Waals surface area contributed by atoms with E-state index in [2.05, 4.69) is 20.6 Å². The molecule has 0 atom stereocenters. The first-order chi connectivity index (χ1) is 10.5. The molecule has 1 amide bonds. The summed E-state index contributed by atoms with van der Waals surface area (Å²) in [6.07, 6.45) is 2.87. The molecule has 22 heavy (non-hydrogen) atoms. The van der Waals surface area contributed by atoms with E-state index in [9.17, 15) is 4.79 Å². The van der Waals surface area contributed by atoms with Gasteiger partial charge in [0.05, 0.1) is 28.1 Å². The predicted octanol–water partition coefficient (Wildman–Crippen LogP) is 3.91. The Morgan fingerprint density at radius 2 is 1.86 bits per heavy atom. The number of rotatable bonds is 5. The molecule has 0 radical (unpaired) electrons. The lowest BCUT2D eigenvalue weighted by molar-refractivity contribution is 0.0943. The van der Waals surface area contributed by atoms with Crippen LogP contribution in [-0.2, 0) is 0 Å². The molecule has 0 aliphatic carbocycles. The summed E-state index contributed by atoms with van der Waals surface area (Å²) in [6.45, 7) is 4.63. The molecule has 0 aliphatic heterocycles. The quantitative estimate of drug-likeness (QED) is 0.867. The molecule has 1 heterocycles. The van der Waals surface area contributed by atoms with Crippen LogP contribution in [0.5, 0.6) is 0 Å². The minimum absolute atomic E-state index is 0.247. The number of carbonyl (C=O) groups is 1. The summed E-state index contributed by atoms with van der Waals surface area (Å²) >= 11 is 12.1. The highest BCUT2D eigenvalue weighted by Crippen LogP contribution is 2.31. The van der Waals surface area contributed by atoms with Gasteiger partial charge >= 0.3 is 0 Å². The molecule has 5 nitrogen and oxygen atoms in total. The van der Waals surface area contributed by atoms with Gasteiger partial charge in [-0.2, -0.15) is 0 Å². The van der Waals surface area contributed by atoms with Crippen LogP contribution in [0.3, 0.4) is 0 Å². The van der Waals surface area contributed by atoms with Gasteiger partial charge in [-0.15, -0.1) is 0 Å². The maximum absolute atomic E-state index is 11.9. The van der Waals surface area contributed by atoms with E-state index >= 15 is 0 Å². The van der Waals surface area contributed by atoms with Crippen molar-refractivity contribution in [1.29, 1.82) is 0 Å². The van der Waals surface area contributed by atoms with Crippen molar-refractivity contribution in [2.24, 2.45) is 5.92 Å². The zero-order chi connectivity index (χ0) is 16.1. The van der Waals surface area contributed by atoms with Crippen molar-refractivity contribution < 1.29 is 4.79 Å². The molecular formula is C15H16Cl2N4O. The summed E-state index contributed by atoms with van der Waals surface area (Å²) in [6, 6.07) is 5.19. The molecule has 0 bridgehead atoms. The van der Waals surface area contributed by atoms with Crippen LogP contribution in [-0.4, -0.2) is 22.4 Å². The van der Waals surface area contributed by atoms with Crippen LogP contribution in [0.4, 0.5) is 11.5 Å². The van der Waals surface area contributed by atoms with Crippen LogP contribution in [0.25, 0.3) is 0 Å². The normalized spacial score (nSPS) is 10.6. The number of benzene rings is 1. The van der Waals surface area contributed by atoms with Crippen molar-refractivity contribution in [2.75, 3.05) is 11.9 Å². The van der Waals surface area contributed by atoms with Crippen LogP contribution >= 0.6 is 23.2 Å². The number of halogens is 2. The third-order valence-electron chi connectivity index (χ3n) is 2.77. The smallest absolute Gasteiger partial charge is 0.271 e. The topological polar surface area (TPSA) is 66.9 Å². The van der Waals surface area contributed by atoms with Crippen LogP contribution in [0.15, 0.2) is 30.6 Å². The molecule has 0 unspecified atom stereocenters. The van der Waals surface area contributed by atoms with Gasteiger partial charge in [-0.25, -0.2) is 9.97 Å². The Balaban J connectivity index is 2.08. The molecule has 0 spiro atoms. The maximum atomic E-state index is 11.9. The van der Waals surface area contributed by atoms with Crippen LogP contribution in [0.2, 0.25) is 10.0 Å². The minimum atomic E-state index is -0.247. The molecule has 116 valence electrons. The Morgan fingerprint density at radius 1 is 1.18 bits per heavy atom. The molecule has 2 rings (SSSR count). The minimum Gasteiger partial charge on any atom is -0.350 e. The van der Waals surface area contributed by atoms with Gasteiger partial charge in [0.2, 0.25) is 0 Å². The number of hydrogen-bond donors (Lipinski definition) is 2. The number of aromatic nitrogens is 2. The van der Waals surface area contributed by atoms with Crippen LogP contribution in [0, 0.1) is 5.92 Å². The number of hydrogen-bond acceptors (Lipinski definition) is 4. The molecule has 0 aliphatic rings. The van der Waals surface area contributed by atoms with Crippen molar-refractivity contribution >= 4 is 40.6 Å². The largest absolute Gasteiger partial charge is 0.350 e. The molecular weight excluding hydrogens is 323 g/mol. The molecule has 2 N–H and O–H groups in total. The van der Waals surface area contributed by atoms with E-state index in [0.29, 0.717) is 34.0 Å². The first-order valence-corrected chi connectivity index (χ1v) is 7.54. The molecule has 7 heteroatoms. The summed E-state index contributed by atoms with van der Waals surface area (Å²) in [4.78, 5) is 20.1. The monoisotopic (exact) mass is 338 g/mol. The van der Waals surface area contributed by atoms with Crippen molar-refractivity contribution in [1.82, 2.24) is 15.3 Å². The van der Waals surface area contributed by atoms with Crippen LogP contribution in [0.1, 0.15) is 24.3 Å². The Morgan fingerprint density at radius 3 is 2.41 bits per heavy atom. The Kier molecular flexibility index (Phi) is 5.57. The van der Waals surface area contributed by atoms with E-state index in [0.717, 1.165) is 0 Å². The fourth-order valence-electron chi connectivity index (χ4n) is 1.64. The van der Waals surface area contributed by atoms with Gasteiger partial charge in [-0.05, 0) is 18.1 Å². The van der Waals surface area contributed by atoms with Gasteiger partial charge in [0, 0.05) is 6.54 Å². The number of amides is 1. The van der Waals surface area contributed by atoms with Crippen molar-refractivity contribution in [3.8, 4) is 0 Å². The lowest BCUT2D eigenvalue weighted by atomic mass is 10.2. The molecule has 2 aromatic rings. The van der Waals surface area contributed by atoms with Crippen LogP contribution < -0.4 is 10.6 Å². The highest BCUT2D eigenvalue weighted by molar-refractivity contribution is 6.39. The van der Waals surface area contributed by atoms with Gasteiger partial charge in [-0.1, -0.05) is 43.1 Å². The molecule has 0 fully saturated rings. The van der Waals surface area contributed by atoms with Gasteiger partial charge in [0.25, 0.3) is 5.91 Å². The second-order valence-corrected chi connectivity index (χ2v) is 5.93. The van der Waals surface area contributed by atoms with E-state index in [4.69, 9.17) is 23.2 Å². The lowest BCUT2D eigenvalue weighted by Gasteiger charge is -2.10. The average molecular weight is 339 g/mol. The van der Waals surface area contributed by atoms with Gasteiger partial charge in [0.15, 0.2) is 0 Å². The molecule has 1 aromatic heterocycles. The maximum Gasteiger partial charge on any atom is 0.271 e. The van der Waals surface area contributed by atoms with E-state index in [1.807, 2.05) is 13.8 Å². The second kappa shape index (κ2) is 7.42.